The Bertz CT molecular complexity index is 369. The van der Waals surface area contributed by atoms with Crippen molar-refractivity contribution in [1.82, 2.24) is 9.55 Å². The normalized spacial score (nSPS) is 30.1. The maximum atomic E-state index is 9.60. The van der Waals surface area contributed by atoms with Gasteiger partial charge in [0.25, 0.3) is 0 Å². The van der Waals surface area contributed by atoms with E-state index >= 15 is 0 Å². The van der Waals surface area contributed by atoms with Gasteiger partial charge in [-0.2, -0.15) is 0 Å². The predicted molar refractivity (Wildman–Crippen MR) is 59.3 cm³/mol. The van der Waals surface area contributed by atoms with E-state index in [1.165, 1.54) is 6.42 Å². The Balaban J connectivity index is 1.80. The van der Waals surface area contributed by atoms with E-state index in [1.54, 1.807) is 0 Å². The molecule has 0 bridgehead atoms. The van der Waals surface area contributed by atoms with Crippen molar-refractivity contribution in [2.24, 2.45) is 0 Å². The molecule has 0 aliphatic carbocycles. The number of hydrogen-bond donors (Lipinski definition) is 1. The van der Waals surface area contributed by atoms with Gasteiger partial charge in [0.15, 0.2) is 0 Å². The number of nitrogens with zero attached hydrogens (tertiary/aromatic N) is 2. The van der Waals surface area contributed by atoms with Gasteiger partial charge in [-0.1, -0.05) is 0 Å². The van der Waals surface area contributed by atoms with E-state index in [1.807, 2.05) is 0 Å². The van der Waals surface area contributed by atoms with Gasteiger partial charge < -0.3 is 14.4 Å². The van der Waals surface area contributed by atoms with Crippen molar-refractivity contribution in [1.29, 1.82) is 0 Å². The summed E-state index contributed by atoms with van der Waals surface area (Å²) in [4.78, 5) is 4.68. The van der Waals surface area contributed by atoms with E-state index in [2.05, 4.69) is 15.7 Å². The Labute approximate surface area is 95.3 Å². The number of aromatic nitrogens is 2. The predicted octanol–water partition coefficient (Wildman–Crippen LogP) is 1.08. The van der Waals surface area contributed by atoms with Crippen molar-refractivity contribution in [2.45, 2.75) is 44.2 Å². The lowest BCUT2D eigenvalue weighted by atomic mass is 9.99. The molecule has 0 spiro atoms. The molecule has 1 aromatic rings. The fraction of sp³-hybridized carbons (Fsp3) is 0.750. The molecule has 0 aromatic carbocycles. The van der Waals surface area contributed by atoms with Crippen molar-refractivity contribution in [3.8, 4) is 0 Å². The first kappa shape index (κ1) is 10.3. The molecule has 2 unspecified atom stereocenters. The Morgan fingerprint density at radius 1 is 1.44 bits per heavy atom. The monoisotopic (exact) mass is 222 g/mol. The highest BCUT2D eigenvalue weighted by Crippen LogP contribution is 2.26. The first-order valence-electron chi connectivity index (χ1n) is 6.14. The maximum absolute atomic E-state index is 9.60. The van der Waals surface area contributed by atoms with E-state index in [4.69, 9.17) is 4.74 Å². The summed E-state index contributed by atoms with van der Waals surface area (Å²) >= 11 is 0. The average Bonchev–Trinajstić information content (AvgIpc) is 2.73. The summed E-state index contributed by atoms with van der Waals surface area (Å²) < 4.78 is 7.60. The molecule has 2 aliphatic rings. The van der Waals surface area contributed by atoms with Crippen LogP contribution in [0.25, 0.3) is 0 Å². The third-order valence-corrected chi connectivity index (χ3v) is 3.56. The Morgan fingerprint density at radius 3 is 3.19 bits per heavy atom. The highest BCUT2D eigenvalue weighted by molar-refractivity contribution is 5.12. The highest BCUT2D eigenvalue weighted by Gasteiger charge is 2.23. The third-order valence-electron chi connectivity index (χ3n) is 3.56. The SMILES string of the molecule is OC1CCc2nc(C3CCCOC3)cn2C1. The van der Waals surface area contributed by atoms with Gasteiger partial charge in [-0.15, -0.1) is 0 Å². The molecule has 0 saturated carbocycles. The molecule has 2 atom stereocenters. The topological polar surface area (TPSA) is 47.3 Å². The smallest absolute Gasteiger partial charge is 0.109 e. The summed E-state index contributed by atoms with van der Waals surface area (Å²) in [7, 11) is 0. The fourth-order valence-corrected chi connectivity index (χ4v) is 2.62. The number of aliphatic hydroxyl groups excluding tert-OH is 1. The molecule has 0 amide bonds. The van der Waals surface area contributed by atoms with Gasteiger partial charge in [-0.05, 0) is 19.3 Å². The van der Waals surface area contributed by atoms with Gasteiger partial charge in [0.1, 0.15) is 5.82 Å². The number of aryl methyl sites for hydroxylation is 1. The van der Waals surface area contributed by atoms with Gasteiger partial charge in [0.2, 0.25) is 0 Å². The minimum Gasteiger partial charge on any atom is -0.391 e. The van der Waals surface area contributed by atoms with E-state index in [0.29, 0.717) is 12.5 Å². The zero-order valence-electron chi connectivity index (χ0n) is 9.43. The maximum Gasteiger partial charge on any atom is 0.109 e. The molecule has 3 heterocycles. The highest BCUT2D eigenvalue weighted by atomic mass is 16.5. The zero-order valence-corrected chi connectivity index (χ0v) is 9.43. The number of aliphatic hydroxyl groups is 1. The van der Waals surface area contributed by atoms with Crippen LogP contribution < -0.4 is 0 Å². The minimum absolute atomic E-state index is 0.197. The first-order valence-corrected chi connectivity index (χ1v) is 6.14. The minimum atomic E-state index is -0.197. The second-order valence-electron chi connectivity index (χ2n) is 4.84. The van der Waals surface area contributed by atoms with E-state index in [-0.39, 0.29) is 6.10 Å². The number of rotatable bonds is 1. The fourth-order valence-electron chi connectivity index (χ4n) is 2.62. The average molecular weight is 222 g/mol. The number of imidazole rings is 1. The van der Waals surface area contributed by atoms with E-state index < -0.39 is 0 Å². The van der Waals surface area contributed by atoms with Crippen LogP contribution >= 0.6 is 0 Å². The largest absolute Gasteiger partial charge is 0.391 e. The molecule has 2 aliphatic heterocycles. The van der Waals surface area contributed by atoms with Crippen LogP contribution in [-0.4, -0.2) is 34.0 Å². The van der Waals surface area contributed by atoms with Gasteiger partial charge in [0, 0.05) is 31.7 Å². The summed E-state index contributed by atoms with van der Waals surface area (Å²) in [6.45, 7) is 2.40. The summed E-state index contributed by atoms with van der Waals surface area (Å²) in [5, 5.41) is 9.60. The van der Waals surface area contributed by atoms with Crippen molar-refractivity contribution in [3.63, 3.8) is 0 Å². The molecular weight excluding hydrogens is 204 g/mol. The van der Waals surface area contributed by atoms with Gasteiger partial charge >= 0.3 is 0 Å². The van der Waals surface area contributed by atoms with Crippen LogP contribution in [0.15, 0.2) is 6.20 Å². The second kappa shape index (κ2) is 4.18. The molecule has 4 heteroatoms. The molecule has 0 radical (unpaired) electrons. The first-order chi connectivity index (χ1) is 7.83. The lowest BCUT2D eigenvalue weighted by Crippen LogP contribution is -2.23. The van der Waals surface area contributed by atoms with Crippen LogP contribution in [0.1, 0.15) is 36.7 Å². The summed E-state index contributed by atoms with van der Waals surface area (Å²) in [5.41, 5.74) is 1.16. The third kappa shape index (κ3) is 1.87. The summed E-state index contributed by atoms with van der Waals surface area (Å²) in [5.74, 6) is 1.59. The number of fused-ring (bicyclic) bond motifs is 1. The lowest BCUT2D eigenvalue weighted by Gasteiger charge is -2.20. The van der Waals surface area contributed by atoms with E-state index in [9.17, 15) is 5.11 Å². The molecule has 1 N–H and O–H groups in total. The summed E-state index contributed by atoms with van der Waals surface area (Å²) in [6, 6.07) is 0. The summed E-state index contributed by atoms with van der Waals surface area (Å²) in [6.07, 6.45) is 5.97. The molecule has 4 nitrogen and oxygen atoms in total. The second-order valence-corrected chi connectivity index (χ2v) is 4.84. The molecule has 3 rings (SSSR count). The van der Waals surface area contributed by atoms with Crippen LogP contribution in [0.2, 0.25) is 0 Å². The standard InChI is InChI=1S/C12H18N2O2/c15-10-3-4-12-13-11(7-14(12)6-10)9-2-1-5-16-8-9/h7,9-10,15H,1-6,8H2. The Kier molecular flexibility index (Phi) is 2.69. The number of ether oxygens (including phenoxy) is 1. The van der Waals surface area contributed by atoms with E-state index in [0.717, 1.165) is 44.0 Å². The Hall–Kier alpha value is -0.870. The van der Waals surface area contributed by atoms with Crippen LogP contribution in [-0.2, 0) is 17.7 Å². The van der Waals surface area contributed by atoms with Crippen molar-refractivity contribution in [2.75, 3.05) is 13.2 Å². The van der Waals surface area contributed by atoms with Crippen molar-refractivity contribution >= 4 is 0 Å². The molecule has 1 aromatic heterocycles. The van der Waals surface area contributed by atoms with Crippen LogP contribution in [0, 0.1) is 0 Å². The Morgan fingerprint density at radius 2 is 2.38 bits per heavy atom. The molecule has 88 valence electrons. The van der Waals surface area contributed by atoms with Gasteiger partial charge in [-0.25, -0.2) is 4.98 Å². The van der Waals surface area contributed by atoms with Crippen LogP contribution in [0.3, 0.4) is 0 Å². The molecular formula is C12H18N2O2. The quantitative estimate of drug-likeness (QED) is 0.773. The van der Waals surface area contributed by atoms with Crippen LogP contribution in [0.5, 0.6) is 0 Å². The van der Waals surface area contributed by atoms with Gasteiger partial charge in [-0.3, -0.25) is 0 Å². The zero-order chi connectivity index (χ0) is 11.0. The molecule has 1 saturated heterocycles. The van der Waals surface area contributed by atoms with Gasteiger partial charge in [0.05, 0.1) is 18.4 Å². The van der Waals surface area contributed by atoms with Crippen molar-refractivity contribution < 1.29 is 9.84 Å². The lowest BCUT2D eigenvalue weighted by molar-refractivity contribution is 0.0794. The van der Waals surface area contributed by atoms with Crippen LogP contribution in [0.4, 0.5) is 0 Å². The van der Waals surface area contributed by atoms with Crippen molar-refractivity contribution in [3.05, 3.63) is 17.7 Å². The molecule has 1 fully saturated rings. The molecule has 16 heavy (non-hydrogen) atoms. The number of hydrogen-bond acceptors (Lipinski definition) is 3.